The van der Waals surface area contributed by atoms with E-state index in [0.29, 0.717) is 0 Å². The smallest absolute Gasteiger partial charge is 0.314 e. The first-order valence-electron chi connectivity index (χ1n) is 8.11. The van der Waals surface area contributed by atoms with Gasteiger partial charge in [-0.25, -0.2) is 4.98 Å². The van der Waals surface area contributed by atoms with E-state index < -0.39 is 23.3 Å². The quantitative estimate of drug-likeness (QED) is 0.277. The molecule has 2 aliphatic rings. The zero-order chi connectivity index (χ0) is 20.5. The highest BCUT2D eigenvalue weighted by Crippen LogP contribution is 2.42. The Balaban J connectivity index is 0.00000300. The number of carbonyl (C=O) groups is 3. The highest BCUT2D eigenvalue weighted by Gasteiger charge is 2.57. The van der Waals surface area contributed by atoms with Crippen molar-refractivity contribution in [2.24, 2.45) is 10.6 Å². The molecule has 3 atom stereocenters. The third-order valence-corrected chi connectivity index (χ3v) is 6.73. The Bertz CT molecular complexity index is 836. The minimum atomic E-state index is -1.17. The number of carboxylic acids is 1. The molecular weight excluding hydrogens is 446 g/mol. The average molecular weight is 466 g/mol. The number of nitrogens with zero attached hydrogens (tertiary/aromatic N) is 3. The number of oxime groups is 1. The molecule has 0 spiro atoms. The first-order chi connectivity index (χ1) is 13.3. The number of ether oxygens (including phenoxy) is 1. The molecule has 0 aliphatic carbocycles. The SMILES string of the molecule is COCC1(C(=O)O)CS[C@@H]2C(NC(=O)C(=NOC)c3csc(N)n3)C(=O)N2C1.Cl. The monoisotopic (exact) mass is 465 g/mol. The van der Waals surface area contributed by atoms with Crippen LogP contribution < -0.4 is 11.1 Å². The van der Waals surface area contributed by atoms with E-state index in [1.165, 1.54) is 30.9 Å². The van der Waals surface area contributed by atoms with Gasteiger partial charge in [-0.05, 0) is 0 Å². The van der Waals surface area contributed by atoms with Gasteiger partial charge in [-0.2, -0.15) is 0 Å². The normalized spacial score (nSPS) is 26.1. The van der Waals surface area contributed by atoms with Crippen molar-refractivity contribution in [1.29, 1.82) is 0 Å². The van der Waals surface area contributed by atoms with E-state index in [1.54, 1.807) is 5.38 Å². The first-order valence-corrected chi connectivity index (χ1v) is 10.0. The number of anilines is 1. The summed E-state index contributed by atoms with van der Waals surface area (Å²) in [7, 11) is 2.71. The molecule has 3 rings (SSSR count). The van der Waals surface area contributed by atoms with Crippen LogP contribution in [0.25, 0.3) is 0 Å². The summed E-state index contributed by atoms with van der Waals surface area (Å²) in [6.45, 7) is 0.0272. The molecule has 0 saturated carbocycles. The minimum Gasteiger partial charge on any atom is -0.481 e. The zero-order valence-electron chi connectivity index (χ0n) is 15.5. The number of aliphatic carboxylic acids is 1. The summed E-state index contributed by atoms with van der Waals surface area (Å²) in [4.78, 5) is 47.0. The molecule has 0 bridgehead atoms. The predicted molar refractivity (Wildman–Crippen MR) is 109 cm³/mol. The Labute approximate surface area is 180 Å². The standard InChI is InChI=1S/C15H19N5O6S2.ClH/c1-25-5-15(13(23)24)4-20-11(22)9(12(20)28-6-15)18-10(21)8(19-26-2)7-3-27-14(16)17-7;/h3,9,12H,4-6H2,1-2H3,(H2,16,17)(H,18,21)(H,23,24);1H/t9?,12-,15?;/m1./s1. The van der Waals surface area contributed by atoms with Crippen LogP contribution in [0.4, 0.5) is 5.13 Å². The fourth-order valence-electron chi connectivity index (χ4n) is 3.08. The number of thioether (sulfide) groups is 1. The number of halogens is 1. The van der Waals surface area contributed by atoms with E-state index >= 15 is 0 Å². The molecule has 2 unspecified atom stereocenters. The van der Waals surface area contributed by atoms with Gasteiger partial charge in [-0.1, -0.05) is 5.16 Å². The van der Waals surface area contributed by atoms with Crippen molar-refractivity contribution in [3.63, 3.8) is 0 Å². The molecule has 1 aromatic rings. The zero-order valence-corrected chi connectivity index (χ0v) is 17.9. The van der Waals surface area contributed by atoms with Crippen LogP contribution in [0.3, 0.4) is 0 Å². The molecule has 160 valence electrons. The van der Waals surface area contributed by atoms with Crippen molar-refractivity contribution in [3.05, 3.63) is 11.1 Å². The second kappa shape index (κ2) is 9.15. The number of fused-ring (bicyclic) bond motifs is 1. The van der Waals surface area contributed by atoms with Crippen LogP contribution in [0.15, 0.2) is 10.5 Å². The van der Waals surface area contributed by atoms with Crippen LogP contribution in [0.1, 0.15) is 5.69 Å². The number of carbonyl (C=O) groups excluding carboxylic acids is 2. The molecule has 11 nitrogen and oxygen atoms in total. The summed E-state index contributed by atoms with van der Waals surface area (Å²) in [5.41, 5.74) is 4.57. The Kier molecular flexibility index (Phi) is 7.32. The molecule has 2 aliphatic heterocycles. The number of carboxylic acid groups (broad SMARTS) is 1. The summed E-state index contributed by atoms with van der Waals surface area (Å²) in [5.74, 6) is -1.74. The van der Waals surface area contributed by atoms with Gasteiger partial charge in [-0.15, -0.1) is 35.5 Å². The molecule has 2 saturated heterocycles. The number of amides is 2. The summed E-state index contributed by atoms with van der Waals surface area (Å²) < 4.78 is 5.04. The highest BCUT2D eigenvalue weighted by atomic mass is 35.5. The Morgan fingerprint density at radius 3 is 2.79 bits per heavy atom. The Morgan fingerprint density at radius 1 is 1.52 bits per heavy atom. The van der Waals surface area contributed by atoms with Gasteiger partial charge < -0.3 is 30.6 Å². The van der Waals surface area contributed by atoms with Crippen molar-refractivity contribution >= 4 is 64.1 Å². The van der Waals surface area contributed by atoms with E-state index in [0.717, 1.165) is 11.3 Å². The molecule has 0 aromatic carbocycles. The van der Waals surface area contributed by atoms with Crippen molar-refractivity contribution < 1.29 is 29.1 Å². The maximum absolute atomic E-state index is 12.6. The number of aromatic nitrogens is 1. The van der Waals surface area contributed by atoms with Gasteiger partial charge in [0.2, 0.25) is 5.91 Å². The van der Waals surface area contributed by atoms with Gasteiger partial charge in [0, 0.05) is 24.8 Å². The lowest BCUT2D eigenvalue weighted by atomic mass is 9.88. The van der Waals surface area contributed by atoms with Gasteiger partial charge in [-0.3, -0.25) is 14.4 Å². The van der Waals surface area contributed by atoms with Crippen LogP contribution in [0.5, 0.6) is 0 Å². The molecular formula is C15H20ClN5O6S2. The van der Waals surface area contributed by atoms with E-state index in [2.05, 4.69) is 15.5 Å². The maximum Gasteiger partial charge on any atom is 0.314 e. The molecule has 2 fully saturated rings. The van der Waals surface area contributed by atoms with Crippen molar-refractivity contribution in [1.82, 2.24) is 15.2 Å². The minimum absolute atomic E-state index is 0. The third-order valence-electron chi connectivity index (χ3n) is 4.47. The third kappa shape index (κ3) is 4.27. The number of nitrogens with two attached hydrogens (primary N) is 1. The summed E-state index contributed by atoms with van der Waals surface area (Å²) in [6.07, 6.45) is 0. The topological polar surface area (TPSA) is 156 Å². The van der Waals surface area contributed by atoms with Crippen LogP contribution in [-0.4, -0.2) is 83.0 Å². The lowest BCUT2D eigenvalue weighted by Gasteiger charge is -2.53. The fraction of sp³-hybridized carbons (Fsp3) is 0.533. The Morgan fingerprint density at radius 2 is 2.24 bits per heavy atom. The van der Waals surface area contributed by atoms with Crippen LogP contribution in [0, 0.1) is 5.41 Å². The summed E-state index contributed by atoms with van der Waals surface area (Å²) in [6, 6.07) is -0.787. The van der Waals surface area contributed by atoms with Gasteiger partial charge in [0.15, 0.2) is 10.8 Å². The predicted octanol–water partition coefficient (Wildman–Crippen LogP) is -0.385. The molecule has 0 radical (unpaired) electrons. The van der Waals surface area contributed by atoms with Crippen molar-refractivity contribution in [2.45, 2.75) is 11.4 Å². The van der Waals surface area contributed by atoms with Gasteiger partial charge >= 0.3 is 5.97 Å². The summed E-state index contributed by atoms with van der Waals surface area (Å²) in [5, 5.41) is 17.3. The first kappa shape index (κ1) is 23.2. The number of nitrogen functional groups attached to an aromatic ring is 1. The van der Waals surface area contributed by atoms with E-state index in [1.807, 2.05) is 0 Å². The van der Waals surface area contributed by atoms with Crippen molar-refractivity contribution in [3.8, 4) is 0 Å². The molecule has 14 heteroatoms. The van der Waals surface area contributed by atoms with Crippen LogP contribution >= 0.6 is 35.5 Å². The lowest BCUT2D eigenvalue weighted by Crippen LogP contribution is -2.74. The number of thiazole rings is 1. The van der Waals surface area contributed by atoms with E-state index in [9.17, 15) is 19.5 Å². The van der Waals surface area contributed by atoms with Crippen molar-refractivity contribution in [2.75, 3.05) is 38.9 Å². The molecule has 2 amide bonds. The second-order valence-corrected chi connectivity index (χ2v) is 8.33. The maximum atomic E-state index is 12.6. The molecule has 3 heterocycles. The second-order valence-electron chi connectivity index (χ2n) is 6.33. The largest absolute Gasteiger partial charge is 0.481 e. The molecule has 1 aromatic heterocycles. The number of β-lactam (4-membered cyclic amide) rings is 1. The molecule has 4 N–H and O–H groups in total. The van der Waals surface area contributed by atoms with Crippen LogP contribution in [0.2, 0.25) is 0 Å². The van der Waals surface area contributed by atoms with E-state index in [-0.39, 0.29) is 59.1 Å². The van der Waals surface area contributed by atoms with E-state index in [4.69, 9.17) is 15.3 Å². The fourth-order valence-corrected chi connectivity index (χ4v) is 5.16. The lowest BCUT2D eigenvalue weighted by molar-refractivity contribution is -0.161. The van der Waals surface area contributed by atoms with Gasteiger partial charge in [0.25, 0.3) is 5.91 Å². The average Bonchev–Trinajstić information content (AvgIpc) is 3.09. The molecule has 29 heavy (non-hydrogen) atoms. The highest BCUT2D eigenvalue weighted by molar-refractivity contribution is 8.00. The van der Waals surface area contributed by atoms with Gasteiger partial charge in [0.05, 0.1) is 6.61 Å². The number of rotatable bonds is 7. The van der Waals surface area contributed by atoms with Gasteiger partial charge in [0.1, 0.15) is 29.6 Å². The summed E-state index contributed by atoms with van der Waals surface area (Å²) >= 11 is 2.44. The number of hydrogen-bond acceptors (Lipinski definition) is 10. The number of nitrogens with one attached hydrogen (secondary N) is 1. The number of methoxy groups -OCH3 is 1. The Hall–Kier alpha value is -2.09. The van der Waals surface area contributed by atoms with Crippen LogP contribution in [-0.2, 0) is 24.0 Å². The number of hydrogen-bond donors (Lipinski definition) is 3.